The number of aryl methyl sites for hydroxylation is 2. The van der Waals surface area contributed by atoms with Gasteiger partial charge in [0.25, 0.3) is 5.91 Å². The lowest BCUT2D eigenvalue weighted by Gasteiger charge is -2.28. The number of carbonyl (C=O) groups is 2. The van der Waals surface area contributed by atoms with Crippen LogP contribution in [0.5, 0.6) is 0 Å². The van der Waals surface area contributed by atoms with Crippen LogP contribution >= 0.6 is 11.3 Å². The molecule has 1 aromatic heterocycles. The summed E-state index contributed by atoms with van der Waals surface area (Å²) in [6, 6.07) is 14.6. The Bertz CT molecular complexity index is 1310. The first-order valence-corrected chi connectivity index (χ1v) is 12.9. The SMILES string of the molecule is CCN(CC)c1ccc(N2C(=O)C(O)=C(C(=O)c3sc(C)nc3C)C2c2ccc(N(C)C)cc2)cc1. The summed E-state index contributed by atoms with van der Waals surface area (Å²) >= 11 is 1.28. The lowest BCUT2D eigenvalue weighted by molar-refractivity contribution is -0.117. The van der Waals surface area contributed by atoms with Crippen LogP contribution in [0.15, 0.2) is 59.9 Å². The first-order chi connectivity index (χ1) is 17.2. The smallest absolute Gasteiger partial charge is 0.294 e. The van der Waals surface area contributed by atoms with E-state index in [-0.39, 0.29) is 11.4 Å². The molecule has 0 radical (unpaired) electrons. The maximum Gasteiger partial charge on any atom is 0.294 e. The van der Waals surface area contributed by atoms with Crippen LogP contribution in [-0.4, -0.2) is 49.0 Å². The highest BCUT2D eigenvalue weighted by atomic mass is 32.1. The molecule has 0 aliphatic carbocycles. The maximum absolute atomic E-state index is 13.8. The van der Waals surface area contributed by atoms with Crippen molar-refractivity contribution in [3.05, 3.63) is 81.0 Å². The molecule has 0 saturated heterocycles. The van der Waals surface area contributed by atoms with E-state index in [9.17, 15) is 14.7 Å². The zero-order valence-electron chi connectivity index (χ0n) is 21.6. The van der Waals surface area contributed by atoms with Gasteiger partial charge >= 0.3 is 0 Å². The quantitative estimate of drug-likeness (QED) is 0.411. The fourth-order valence-electron chi connectivity index (χ4n) is 4.65. The number of Topliss-reactive ketones (excluding diaryl/α,β-unsaturated/α-hetero) is 1. The number of thiazole rings is 1. The Balaban J connectivity index is 1.83. The minimum absolute atomic E-state index is 0.0807. The Hall–Kier alpha value is -3.65. The van der Waals surface area contributed by atoms with E-state index in [1.165, 1.54) is 16.2 Å². The number of nitrogens with zero attached hydrogens (tertiary/aromatic N) is 4. The zero-order valence-corrected chi connectivity index (χ0v) is 22.4. The third-order valence-corrected chi connectivity index (χ3v) is 7.62. The van der Waals surface area contributed by atoms with E-state index in [1.807, 2.05) is 74.4 Å². The van der Waals surface area contributed by atoms with Gasteiger partial charge in [0.2, 0.25) is 5.78 Å². The summed E-state index contributed by atoms with van der Waals surface area (Å²) in [5, 5.41) is 11.8. The molecule has 2 aromatic carbocycles. The Morgan fingerprint density at radius 1 is 1.00 bits per heavy atom. The lowest BCUT2D eigenvalue weighted by Crippen LogP contribution is -2.31. The predicted molar refractivity (Wildman–Crippen MR) is 147 cm³/mol. The van der Waals surface area contributed by atoms with Crippen molar-refractivity contribution in [2.45, 2.75) is 33.7 Å². The van der Waals surface area contributed by atoms with Crippen molar-refractivity contribution >= 4 is 40.1 Å². The van der Waals surface area contributed by atoms with Crippen LogP contribution < -0.4 is 14.7 Å². The molecule has 1 aliphatic heterocycles. The van der Waals surface area contributed by atoms with E-state index in [4.69, 9.17) is 0 Å². The number of aromatic nitrogens is 1. The summed E-state index contributed by atoms with van der Waals surface area (Å²) in [5.74, 6) is -1.47. The van der Waals surface area contributed by atoms with E-state index < -0.39 is 17.7 Å². The lowest BCUT2D eigenvalue weighted by atomic mass is 9.94. The highest BCUT2D eigenvalue weighted by Crippen LogP contribution is 2.43. The molecule has 1 atom stereocenters. The molecule has 188 valence electrons. The van der Waals surface area contributed by atoms with Crippen LogP contribution in [0, 0.1) is 13.8 Å². The molecule has 1 amide bonds. The van der Waals surface area contributed by atoms with Gasteiger partial charge in [-0.3, -0.25) is 14.5 Å². The number of hydrogen-bond acceptors (Lipinski definition) is 7. The molecule has 0 saturated carbocycles. The molecule has 0 spiro atoms. The summed E-state index contributed by atoms with van der Waals surface area (Å²) in [6.45, 7) is 9.54. The number of benzene rings is 2. The van der Waals surface area contributed by atoms with Gasteiger partial charge in [-0.1, -0.05) is 12.1 Å². The average Bonchev–Trinajstić information content (AvgIpc) is 3.35. The topological polar surface area (TPSA) is 77.0 Å². The zero-order chi connectivity index (χ0) is 26.1. The largest absolute Gasteiger partial charge is 0.503 e. The average molecular weight is 505 g/mol. The second-order valence-corrected chi connectivity index (χ2v) is 10.2. The van der Waals surface area contributed by atoms with E-state index in [2.05, 4.69) is 23.7 Å². The summed E-state index contributed by atoms with van der Waals surface area (Å²) in [7, 11) is 3.90. The first-order valence-electron chi connectivity index (χ1n) is 12.1. The standard InChI is InChI=1S/C28H32N4O3S/c1-7-31(8-2)21-13-15-22(16-14-21)32-24(19-9-11-20(12-10-19)30(5)6)23(26(34)28(32)35)25(33)27-17(3)29-18(4)36-27/h9-16,24,34H,7-8H2,1-6H3. The van der Waals surface area contributed by atoms with E-state index in [1.54, 1.807) is 6.92 Å². The highest BCUT2D eigenvalue weighted by molar-refractivity contribution is 7.14. The van der Waals surface area contributed by atoms with Gasteiger partial charge in [-0.2, -0.15) is 0 Å². The monoisotopic (exact) mass is 504 g/mol. The molecule has 3 aromatic rings. The van der Waals surface area contributed by atoms with E-state index in [0.29, 0.717) is 16.3 Å². The number of ketones is 1. The van der Waals surface area contributed by atoms with Crippen molar-refractivity contribution in [2.75, 3.05) is 41.9 Å². The Kier molecular flexibility index (Phi) is 7.17. The van der Waals surface area contributed by atoms with E-state index in [0.717, 1.165) is 35.0 Å². The van der Waals surface area contributed by atoms with Gasteiger partial charge in [0.05, 0.1) is 27.2 Å². The molecule has 7 nitrogen and oxygen atoms in total. The van der Waals surface area contributed by atoms with Gasteiger partial charge in [-0.05, 0) is 69.7 Å². The number of aliphatic hydroxyl groups is 1. The van der Waals surface area contributed by atoms with Crippen LogP contribution in [0.25, 0.3) is 0 Å². The van der Waals surface area contributed by atoms with Crippen molar-refractivity contribution < 1.29 is 14.7 Å². The van der Waals surface area contributed by atoms with Crippen molar-refractivity contribution in [1.29, 1.82) is 0 Å². The molecule has 0 fully saturated rings. The van der Waals surface area contributed by atoms with Crippen LogP contribution in [0.3, 0.4) is 0 Å². The highest BCUT2D eigenvalue weighted by Gasteiger charge is 2.45. The van der Waals surface area contributed by atoms with E-state index >= 15 is 0 Å². The third-order valence-electron chi connectivity index (χ3n) is 6.54. The van der Waals surface area contributed by atoms with Crippen LogP contribution in [0.1, 0.15) is 45.8 Å². The minimum atomic E-state index is -0.762. The third kappa shape index (κ3) is 4.48. The second kappa shape index (κ2) is 10.1. The Labute approximate surface area is 216 Å². The Morgan fingerprint density at radius 2 is 1.58 bits per heavy atom. The molecule has 1 N–H and O–H groups in total. The fourth-order valence-corrected chi connectivity index (χ4v) is 5.52. The number of anilines is 3. The van der Waals surface area contributed by atoms with Gasteiger partial charge in [-0.25, -0.2) is 4.98 Å². The molecule has 1 unspecified atom stereocenters. The summed E-state index contributed by atoms with van der Waals surface area (Å²) in [6.07, 6.45) is 0. The van der Waals surface area contributed by atoms with Gasteiger partial charge in [0.15, 0.2) is 5.76 Å². The number of amides is 1. The summed E-state index contributed by atoms with van der Waals surface area (Å²) in [5.41, 5.74) is 4.08. The number of rotatable bonds is 8. The molecule has 8 heteroatoms. The molecule has 1 aliphatic rings. The van der Waals surface area contributed by atoms with Crippen molar-refractivity contribution in [3.8, 4) is 0 Å². The summed E-state index contributed by atoms with van der Waals surface area (Å²) < 4.78 is 0. The molecular formula is C28H32N4O3S. The van der Waals surface area contributed by atoms with Crippen molar-refractivity contribution in [3.63, 3.8) is 0 Å². The molecular weight excluding hydrogens is 472 g/mol. The molecule has 0 bridgehead atoms. The van der Waals surface area contributed by atoms with Crippen molar-refractivity contribution in [1.82, 2.24) is 4.98 Å². The van der Waals surface area contributed by atoms with Gasteiger partial charge < -0.3 is 14.9 Å². The van der Waals surface area contributed by atoms with Gasteiger partial charge in [-0.15, -0.1) is 11.3 Å². The predicted octanol–water partition coefficient (Wildman–Crippen LogP) is 5.46. The maximum atomic E-state index is 13.8. The number of carbonyl (C=O) groups excluding carboxylic acids is 2. The van der Waals surface area contributed by atoms with Crippen LogP contribution in [-0.2, 0) is 4.79 Å². The summed E-state index contributed by atoms with van der Waals surface area (Å²) in [4.78, 5) is 37.8. The molecule has 2 heterocycles. The second-order valence-electron chi connectivity index (χ2n) is 8.99. The van der Waals surface area contributed by atoms with Crippen LogP contribution in [0.4, 0.5) is 17.1 Å². The van der Waals surface area contributed by atoms with Gasteiger partial charge in [0, 0.05) is 44.2 Å². The first kappa shape index (κ1) is 25.4. The normalized spacial score (nSPS) is 15.6. The fraction of sp³-hybridized carbons (Fsp3) is 0.321. The number of hydrogen-bond donors (Lipinski definition) is 1. The van der Waals surface area contributed by atoms with Gasteiger partial charge in [0.1, 0.15) is 0 Å². The van der Waals surface area contributed by atoms with Crippen LogP contribution in [0.2, 0.25) is 0 Å². The molecule has 36 heavy (non-hydrogen) atoms. The number of aliphatic hydroxyl groups excluding tert-OH is 1. The Morgan fingerprint density at radius 3 is 2.08 bits per heavy atom. The van der Waals surface area contributed by atoms with Crippen molar-refractivity contribution in [2.24, 2.45) is 0 Å². The minimum Gasteiger partial charge on any atom is -0.503 e. The molecule has 4 rings (SSSR count).